The highest BCUT2D eigenvalue weighted by atomic mass is 16.4. The molecule has 0 heterocycles. The first-order valence-corrected chi connectivity index (χ1v) is 5.04. The summed E-state index contributed by atoms with van der Waals surface area (Å²) in [6.45, 7) is 8.00. The van der Waals surface area contributed by atoms with Crippen molar-refractivity contribution in [2.45, 2.75) is 27.7 Å². The monoisotopic (exact) mass is 212 g/mol. The van der Waals surface area contributed by atoms with Gasteiger partial charge >= 0.3 is 5.97 Å². The van der Waals surface area contributed by atoms with Crippen LogP contribution in [-0.4, -0.2) is 11.1 Å². The minimum atomic E-state index is -0.937. The van der Waals surface area contributed by atoms with E-state index in [4.69, 9.17) is 10.9 Å². The van der Waals surface area contributed by atoms with Crippen LogP contribution in [0.1, 0.15) is 38.1 Å². The molecule has 1 aromatic carbocycles. The Kier molecular flexibility index (Phi) is 11.2. The SMILES string of the molecule is CC.CC.NNc1ccc(C(=O)O)cc1. The maximum atomic E-state index is 10.3. The summed E-state index contributed by atoms with van der Waals surface area (Å²) < 4.78 is 0. The van der Waals surface area contributed by atoms with E-state index in [0.717, 1.165) is 0 Å². The zero-order valence-electron chi connectivity index (χ0n) is 9.74. The lowest BCUT2D eigenvalue weighted by atomic mass is 10.2. The molecule has 1 rings (SSSR count). The van der Waals surface area contributed by atoms with Crippen molar-refractivity contribution in [2.24, 2.45) is 5.84 Å². The maximum Gasteiger partial charge on any atom is 0.335 e. The average molecular weight is 212 g/mol. The molecule has 4 nitrogen and oxygen atoms in total. The van der Waals surface area contributed by atoms with Crippen LogP contribution in [0, 0.1) is 0 Å². The average Bonchev–Trinajstić information content (AvgIpc) is 2.34. The second-order valence-electron chi connectivity index (χ2n) is 2.03. The van der Waals surface area contributed by atoms with Crippen LogP contribution in [0.3, 0.4) is 0 Å². The molecule has 1 aromatic rings. The van der Waals surface area contributed by atoms with Gasteiger partial charge in [-0.25, -0.2) is 4.79 Å². The van der Waals surface area contributed by atoms with Gasteiger partial charge in [-0.3, -0.25) is 5.84 Å². The smallest absolute Gasteiger partial charge is 0.335 e. The summed E-state index contributed by atoms with van der Waals surface area (Å²) in [5.41, 5.74) is 3.34. The highest BCUT2D eigenvalue weighted by molar-refractivity contribution is 5.87. The molecule has 0 spiro atoms. The van der Waals surface area contributed by atoms with E-state index in [-0.39, 0.29) is 5.56 Å². The fraction of sp³-hybridized carbons (Fsp3) is 0.364. The number of hydrazine groups is 1. The van der Waals surface area contributed by atoms with E-state index < -0.39 is 5.97 Å². The van der Waals surface area contributed by atoms with Crippen molar-refractivity contribution in [2.75, 3.05) is 5.43 Å². The molecule has 0 unspecified atom stereocenters. The topological polar surface area (TPSA) is 75.3 Å². The first kappa shape index (κ1) is 15.9. The van der Waals surface area contributed by atoms with Crippen LogP contribution in [0.25, 0.3) is 0 Å². The van der Waals surface area contributed by atoms with Gasteiger partial charge in [0.05, 0.1) is 5.56 Å². The molecule has 0 radical (unpaired) electrons. The molecule has 15 heavy (non-hydrogen) atoms. The summed E-state index contributed by atoms with van der Waals surface area (Å²) in [6, 6.07) is 6.17. The molecule has 0 fully saturated rings. The van der Waals surface area contributed by atoms with Crippen LogP contribution in [0.4, 0.5) is 5.69 Å². The summed E-state index contributed by atoms with van der Waals surface area (Å²) >= 11 is 0. The highest BCUT2D eigenvalue weighted by Gasteiger charge is 1.99. The molecule has 0 aromatic heterocycles. The number of rotatable bonds is 2. The Morgan fingerprint density at radius 2 is 1.53 bits per heavy atom. The summed E-state index contributed by atoms with van der Waals surface area (Å²) in [5, 5.41) is 8.50. The Morgan fingerprint density at radius 3 is 1.80 bits per heavy atom. The van der Waals surface area contributed by atoms with E-state index in [1.54, 1.807) is 12.1 Å². The normalized spacial score (nSPS) is 7.53. The van der Waals surface area contributed by atoms with E-state index in [2.05, 4.69) is 5.43 Å². The molecule has 0 saturated carbocycles. The third-order valence-corrected chi connectivity index (χ3v) is 1.30. The van der Waals surface area contributed by atoms with Gasteiger partial charge in [0.2, 0.25) is 0 Å². The quantitative estimate of drug-likeness (QED) is 0.520. The lowest BCUT2D eigenvalue weighted by molar-refractivity contribution is 0.0697. The fourth-order valence-electron chi connectivity index (χ4n) is 0.709. The molecule has 0 aliphatic heterocycles. The van der Waals surface area contributed by atoms with Crippen LogP contribution in [0.15, 0.2) is 24.3 Å². The molecule has 0 aliphatic carbocycles. The number of anilines is 1. The molecular formula is C11H20N2O2. The van der Waals surface area contributed by atoms with Gasteiger partial charge in [-0.1, -0.05) is 27.7 Å². The number of carboxylic acids is 1. The summed E-state index contributed by atoms with van der Waals surface area (Å²) in [4.78, 5) is 10.3. The Balaban J connectivity index is 0. The maximum absolute atomic E-state index is 10.3. The number of nitrogen functional groups attached to an aromatic ring is 1. The van der Waals surface area contributed by atoms with E-state index >= 15 is 0 Å². The van der Waals surface area contributed by atoms with Crippen molar-refractivity contribution in [3.05, 3.63) is 29.8 Å². The molecule has 4 heteroatoms. The van der Waals surface area contributed by atoms with Gasteiger partial charge in [0, 0.05) is 5.69 Å². The van der Waals surface area contributed by atoms with Crippen molar-refractivity contribution < 1.29 is 9.90 Å². The second-order valence-corrected chi connectivity index (χ2v) is 2.03. The predicted octanol–water partition coefficient (Wildman–Crippen LogP) is 2.72. The molecule has 0 atom stereocenters. The summed E-state index contributed by atoms with van der Waals surface area (Å²) in [5.74, 6) is 4.14. The molecule has 0 amide bonds. The van der Waals surface area contributed by atoms with Crippen molar-refractivity contribution in [3.63, 3.8) is 0 Å². The molecule has 0 saturated heterocycles. The lowest BCUT2D eigenvalue weighted by Gasteiger charge is -1.98. The van der Waals surface area contributed by atoms with Gasteiger partial charge in [0.15, 0.2) is 0 Å². The predicted molar refractivity (Wildman–Crippen MR) is 63.9 cm³/mol. The molecular weight excluding hydrogens is 192 g/mol. The number of hydrogen-bond acceptors (Lipinski definition) is 3. The highest BCUT2D eigenvalue weighted by Crippen LogP contribution is 2.07. The van der Waals surface area contributed by atoms with Crippen LogP contribution in [0.5, 0.6) is 0 Å². The molecule has 0 aliphatic rings. The fourth-order valence-corrected chi connectivity index (χ4v) is 0.709. The second kappa shape index (κ2) is 10.5. The van der Waals surface area contributed by atoms with Gasteiger partial charge in [0.1, 0.15) is 0 Å². The van der Waals surface area contributed by atoms with E-state index in [1.807, 2.05) is 27.7 Å². The standard InChI is InChI=1S/C7H8N2O2.2C2H6/c8-9-6-3-1-5(2-4-6)7(10)11;2*1-2/h1-4,9H,8H2,(H,10,11);2*1-2H3. The van der Waals surface area contributed by atoms with Gasteiger partial charge in [0.25, 0.3) is 0 Å². The first-order chi connectivity index (χ1) is 7.24. The van der Waals surface area contributed by atoms with Crippen molar-refractivity contribution in [1.82, 2.24) is 0 Å². The van der Waals surface area contributed by atoms with E-state index in [0.29, 0.717) is 5.69 Å². The Morgan fingerprint density at radius 1 is 1.13 bits per heavy atom. The van der Waals surface area contributed by atoms with Crippen LogP contribution in [-0.2, 0) is 0 Å². The number of carboxylic acid groups (broad SMARTS) is 1. The largest absolute Gasteiger partial charge is 0.478 e. The van der Waals surface area contributed by atoms with Crippen molar-refractivity contribution in [1.29, 1.82) is 0 Å². The number of nitrogens with one attached hydrogen (secondary N) is 1. The van der Waals surface area contributed by atoms with Crippen molar-refractivity contribution >= 4 is 11.7 Å². The summed E-state index contributed by atoms with van der Waals surface area (Å²) in [7, 11) is 0. The first-order valence-electron chi connectivity index (χ1n) is 5.04. The molecule has 4 N–H and O–H groups in total. The van der Waals surface area contributed by atoms with Crippen molar-refractivity contribution in [3.8, 4) is 0 Å². The Labute approximate surface area is 91.1 Å². The van der Waals surface area contributed by atoms with E-state index in [1.165, 1.54) is 12.1 Å². The van der Waals surface area contributed by atoms with E-state index in [9.17, 15) is 4.79 Å². The zero-order valence-corrected chi connectivity index (χ0v) is 9.74. The summed E-state index contributed by atoms with van der Waals surface area (Å²) in [6.07, 6.45) is 0. The molecule has 86 valence electrons. The minimum Gasteiger partial charge on any atom is -0.478 e. The van der Waals surface area contributed by atoms with Gasteiger partial charge < -0.3 is 10.5 Å². The number of nitrogens with two attached hydrogens (primary N) is 1. The number of aromatic carboxylic acids is 1. The van der Waals surface area contributed by atoms with Gasteiger partial charge in [-0.05, 0) is 24.3 Å². The number of hydrogen-bond donors (Lipinski definition) is 3. The van der Waals surface area contributed by atoms with Gasteiger partial charge in [-0.2, -0.15) is 0 Å². The lowest BCUT2D eigenvalue weighted by Crippen LogP contribution is -2.06. The zero-order chi connectivity index (χ0) is 12.3. The third kappa shape index (κ3) is 6.51. The Bertz CT molecular complexity index is 258. The minimum absolute atomic E-state index is 0.254. The molecule has 0 bridgehead atoms. The van der Waals surface area contributed by atoms with Crippen LogP contribution >= 0.6 is 0 Å². The van der Waals surface area contributed by atoms with Crippen LogP contribution in [0.2, 0.25) is 0 Å². The third-order valence-electron chi connectivity index (χ3n) is 1.30. The van der Waals surface area contributed by atoms with Gasteiger partial charge in [-0.15, -0.1) is 0 Å². The number of benzene rings is 1. The van der Waals surface area contributed by atoms with Crippen LogP contribution < -0.4 is 11.3 Å². The Hall–Kier alpha value is -1.55. The number of carbonyl (C=O) groups is 1.